The van der Waals surface area contributed by atoms with E-state index in [2.05, 4.69) is 6.92 Å². The van der Waals surface area contributed by atoms with Crippen LogP contribution in [0.4, 0.5) is 0 Å². The van der Waals surface area contributed by atoms with Gasteiger partial charge in [0.25, 0.3) is 0 Å². The van der Waals surface area contributed by atoms with Crippen molar-refractivity contribution in [3.05, 3.63) is 0 Å². The summed E-state index contributed by atoms with van der Waals surface area (Å²) in [5.74, 6) is 0. The van der Waals surface area contributed by atoms with Crippen LogP contribution in [0.1, 0.15) is 40.5 Å². The molecule has 0 aliphatic heterocycles. The molecule has 104 valence electrons. The average molecular weight is 264 g/mol. The second-order valence-electron chi connectivity index (χ2n) is 4.00. The first-order chi connectivity index (χ1) is 8.08. The van der Waals surface area contributed by atoms with Crippen LogP contribution in [0.3, 0.4) is 0 Å². The predicted molar refractivity (Wildman–Crippen MR) is 71.1 cm³/mol. The summed E-state index contributed by atoms with van der Waals surface area (Å²) in [5.41, 5.74) is 0. The Balaban J connectivity index is 3.90. The van der Waals surface area contributed by atoms with E-state index in [0.717, 1.165) is 26.1 Å². The maximum atomic E-state index is 5.94. The fourth-order valence-corrected chi connectivity index (χ4v) is 3.79. The third-order valence-corrected chi connectivity index (χ3v) is 4.79. The van der Waals surface area contributed by atoms with Gasteiger partial charge in [-0.2, -0.15) is 0 Å². The van der Waals surface area contributed by atoms with Crippen molar-refractivity contribution < 1.29 is 18.0 Å². The highest BCUT2D eigenvalue weighted by atomic mass is 28.4. The summed E-state index contributed by atoms with van der Waals surface area (Å²) in [7, 11) is -2.42. The molecule has 0 aliphatic rings. The third-order valence-electron chi connectivity index (χ3n) is 2.33. The minimum atomic E-state index is -2.42. The largest absolute Gasteiger partial charge is 0.497 e. The standard InChI is InChI=1S/C12H28O4Si/c1-6-13-11-9-10-12(4)16-17(5,14-7-2)15-8-3/h12H,6-11H2,1-5H3. The summed E-state index contributed by atoms with van der Waals surface area (Å²) >= 11 is 0. The van der Waals surface area contributed by atoms with Gasteiger partial charge in [0.05, 0.1) is 0 Å². The Labute approximate surface area is 107 Å². The molecule has 0 aromatic rings. The highest BCUT2D eigenvalue weighted by Gasteiger charge is 2.35. The normalized spacial score (nSPS) is 13.9. The SMILES string of the molecule is CCOCCCC(C)O[Si](C)(OCC)OCC. The van der Waals surface area contributed by atoms with E-state index in [9.17, 15) is 0 Å². The highest BCUT2D eigenvalue weighted by Crippen LogP contribution is 2.15. The summed E-state index contributed by atoms with van der Waals surface area (Å²) in [5, 5.41) is 0. The maximum Gasteiger partial charge on any atom is 0.497 e. The molecule has 0 spiro atoms. The first-order valence-corrected chi connectivity index (χ1v) is 8.83. The van der Waals surface area contributed by atoms with E-state index < -0.39 is 8.80 Å². The van der Waals surface area contributed by atoms with Crippen molar-refractivity contribution in [2.24, 2.45) is 0 Å². The Hall–Kier alpha value is 0.0569. The molecule has 0 fully saturated rings. The van der Waals surface area contributed by atoms with Gasteiger partial charge in [-0.05, 0) is 40.5 Å². The van der Waals surface area contributed by atoms with E-state index in [4.69, 9.17) is 18.0 Å². The summed E-state index contributed by atoms with van der Waals surface area (Å²) in [6, 6.07) is 0. The number of ether oxygens (including phenoxy) is 1. The molecule has 0 aliphatic carbocycles. The summed E-state index contributed by atoms with van der Waals surface area (Å²) < 4.78 is 22.5. The number of rotatable bonds is 11. The van der Waals surface area contributed by atoms with Gasteiger partial charge in [0, 0.05) is 39.1 Å². The minimum Gasteiger partial charge on any atom is -0.382 e. The highest BCUT2D eigenvalue weighted by molar-refractivity contribution is 6.59. The average Bonchev–Trinajstić information content (AvgIpc) is 2.24. The van der Waals surface area contributed by atoms with Gasteiger partial charge >= 0.3 is 8.80 Å². The molecule has 0 aromatic carbocycles. The van der Waals surface area contributed by atoms with Gasteiger partial charge in [-0.3, -0.25) is 0 Å². The van der Waals surface area contributed by atoms with Crippen molar-refractivity contribution in [1.29, 1.82) is 0 Å². The monoisotopic (exact) mass is 264 g/mol. The molecule has 1 atom stereocenters. The lowest BCUT2D eigenvalue weighted by Crippen LogP contribution is -2.45. The van der Waals surface area contributed by atoms with Crippen LogP contribution in [0.15, 0.2) is 0 Å². The predicted octanol–water partition coefficient (Wildman–Crippen LogP) is 2.85. The lowest BCUT2D eigenvalue weighted by molar-refractivity contribution is 0.0369. The maximum absolute atomic E-state index is 5.94. The first kappa shape index (κ1) is 17.1. The first-order valence-electron chi connectivity index (χ1n) is 6.61. The molecular weight excluding hydrogens is 236 g/mol. The van der Waals surface area contributed by atoms with Gasteiger partial charge in [-0.1, -0.05) is 0 Å². The fraction of sp³-hybridized carbons (Fsp3) is 1.00. The van der Waals surface area contributed by atoms with Crippen LogP contribution in [0.5, 0.6) is 0 Å². The number of hydrogen-bond acceptors (Lipinski definition) is 4. The zero-order chi connectivity index (χ0) is 13.1. The zero-order valence-electron chi connectivity index (χ0n) is 12.0. The Morgan fingerprint density at radius 1 is 1.00 bits per heavy atom. The molecule has 0 rings (SSSR count). The molecule has 0 radical (unpaired) electrons. The van der Waals surface area contributed by atoms with E-state index in [1.54, 1.807) is 0 Å². The van der Waals surface area contributed by atoms with Gasteiger partial charge in [0.15, 0.2) is 0 Å². The molecule has 17 heavy (non-hydrogen) atoms. The van der Waals surface area contributed by atoms with Gasteiger partial charge < -0.3 is 18.0 Å². The molecule has 4 nitrogen and oxygen atoms in total. The molecule has 1 unspecified atom stereocenters. The molecule has 0 heterocycles. The van der Waals surface area contributed by atoms with Gasteiger partial charge in [0.1, 0.15) is 0 Å². The fourth-order valence-electron chi connectivity index (χ4n) is 1.68. The van der Waals surface area contributed by atoms with Gasteiger partial charge in [-0.15, -0.1) is 0 Å². The second-order valence-corrected chi connectivity index (χ2v) is 6.53. The Bertz CT molecular complexity index is 172. The summed E-state index contributed by atoms with van der Waals surface area (Å²) in [6.45, 7) is 12.8. The molecule has 0 aromatic heterocycles. The zero-order valence-corrected chi connectivity index (χ0v) is 13.0. The number of hydrogen-bond donors (Lipinski definition) is 0. The summed E-state index contributed by atoms with van der Waals surface area (Å²) in [6.07, 6.45) is 2.14. The quantitative estimate of drug-likeness (QED) is 0.425. The molecule has 0 N–H and O–H groups in total. The van der Waals surface area contributed by atoms with Crippen LogP contribution in [0.25, 0.3) is 0 Å². The molecule has 0 amide bonds. The molecule has 0 saturated heterocycles. The topological polar surface area (TPSA) is 36.9 Å². The van der Waals surface area contributed by atoms with Crippen LogP contribution < -0.4 is 0 Å². The van der Waals surface area contributed by atoms with E-state index in [0.29, 0.717) is 13.2 Å². The van der Waals surface area contributed by atoms with E-state index in [1.807, 2.05) is 27.3 Å². The van der Waals surface area contributed by atoms with Gasteiger partial charge in [-0.25, -0.2) is 0 Å². The van der Waals surface area contributed by atoms with Crippen molar-refractivity contribution in [2.75, 3.05) is 26.4 Å². The third kappa shape index (κ3) is 8.74. The van der Waals surface area contributed by atoms with Crippen molar-refractivity contribution in [3.63, 3.8) is 0 Å². The van der Waals surface area contributed by atoms with Crippen molar-refractivity contribution in [2.45, 2.75) is 53.2 Å². The van der Waals surface area contributed by atoms with Crippen LogP contribution in [-0.4, -0.2) is 41.3 Å². The van der Waals surface area contributed by atoms with E-state index in [1.165, 1.54) is 0 Å². The molecule has 5 heteroatoms. The Kier molecular flexibility index (Phi) is 10.1. The molecule has 0 saturated carbocycles. The van der Waals surface area contributed by atoms with Crippen molar-refractivity contribution in [1.82, 2.24) is 0 Å². The van der Waals surface area contributed by atoms with Crippen LogP contribution >= 0.6 is 0 Å². The summed E-state index contributed by atoms with van der Waals surface area (Å²) in [4.78, 5) is 0. The van der Waals surface area contributed by atoms with Crippen molar-refractivity contribution >= 4 is 8.80 Å². The second kappa shape index (κ2) is 10.0. The van der Waals surface area contributed by atoms with Crippen LogP contribution in [0.2, 0.25) is 6.55 Å². The minimum absolute atomic E-state index is 0.158. The molecular formula is C12H28O4Si. The van der Waals surface area contributed by atoms with E-state index >= 15 is 0 Å². The smallest absolute Gasteiger partial charge is 0.382 e. The lowest BCUT2D eigenvalue weighted by Gasteiger charge is -2.28. The Morgan fingerprint density at radius 3 is 2.06 bits per heavy atom. The van der Waals surface area contributed by atoms with Crippen molar-refractivity contribution in [3.8, 4) is 0 Å². The van der Waals surface area contributed by atoms with Crippen LogP contribution in [-0.2, 0) is 18.0 Å². The van der Waals surface area contributed by atoms with E-state index in [-0.39, 0.29) is 6.10 Å². The Morgan fingerprint density at radius 2 is 1.59 bits per heavy atom. The van der Waals surface area contributed by atoms with Crippen LogP contribution in [0, 0.1) is 0 Å². The lowest BCUT2D eigenvalue weighted by atomic mass is 10.2. The van der Waals surface area contributed by atoms with Gasteiger partial charge in [0.2, 0.25) is 0 Å². The molecule has 0 bridgehead atoms.